The number of carbonyl (C=O) groups is 1. The molecule has 1 aromatic carbocycles. The van der Waals surface area contributed by atoms with Crippen molar-refractivity contribution < 1.29 is 9.53 Å². The molecule has 0 radical (unpaired) electrons. The van der Waals surface area contributed by atoms with Gasteiger partial charge in [-0.15, -0.1) is 0 Å². The molecule has 1 aromatic heterocycles. The lowest BCUT2D eigenvalue weighted by Gasteiger charge is -2.33. The first-order chi connectivity index (χ1) is 15.8. The van der Waals surface area contributed by atoms with Gasteiger partial charge in [0, 0.05) is 49.0 Å². The van der Waals surface area contributed by atoms with E-state index in [0.717, 1.165) is 88.4 Å². The van der Waals surface area contributed by atoms with Gasteiger partial charge < -0.3 is 15.0 Å². The van der Waals surface area contributed by atoms with E-state index in [1.54, 1.807) is 0 Å². The summed E-state index contributed by atoms with van der Waals surface area (Å²) in [6, 6.07) is 10.3. The minimum Gasteiger partial charge on any atom is -0.378 e. The van der Waals surface area contributed by atoms with Crippen LogP contribution in [0, 0.1) is 5.92 Å². The monoisotopic (exact) mass is 434 g/mol. The van der Waals surface area contributed by atoms with Crippen LogP contribution in [0.3, 0.4) is 0 Å². The molecule has 3 heterocycles. The summed E-state index contributed by atoms with van der Waals surface area (Å²) in [7, 11) is 0. The van der Waals surface area contributed by atoms with E-state index < -0.39 is 0 Å². The molecule has 170 valence electrons. The van der Waals surface area contributed by atoms with Gasteiger partial charge >= 0.3 is 0 Å². The maximum absolute atomic E-state index is 12.7. The summed E-state index contributed by atoms with van der Waals surface area (Å²) in [4.78, 5) is 25.0. The number of anilines is 1. The lowest BCUT2D eigenvalue weighted by molar-refractivity contribution is -0.125. The van der Waals surface area contributed by atoms with Gasteiger partial charge in [-0.25, -0.2) is 9.97 Å². The fourth-order valence-electron chi connectivity index (χ4n) is 5.28. The number of amides is 1. The van der Waals surface area contributed by atoms with E-state index >= 15 is 0 Å². The molecule has 6 nitrogen and oxygen atoms in total. The van der Waals surface area contributed by atoms with Crippen LogP contribution < -0.4 is 10.2 Å². The third-order valence-electron chi connectivity index (χ3n) is 7.15. The number of carbonyl (C=O) groups excluding carboxylic acids is 1. The molecule has 1 N–H and O–H groups in total. The molecule has 1 atom stereocenters. The summed E-state index contributed by atoms with van der Waals surface area (Å²) in [6.07, 6.45) is 9.80. The molecule has 1 amide bonds. The van der Waals surface area contributed by atoms with Gasteiger partial charge in [-0.1, -0.05) is 30.3 Å². The molecule has 0 bridgehead atoms. The Morgan fingerprint density at radius 3 is 2.66 bits per heavy atom. The number of ether oxygens (including phenoxy) is 1. The summed E-state index contributed by atoms with van der Waals surface area (Å²) >= 11 is 0. The van der Waals surface area contributed by atoms with Crippen LogP contribution in [0.25, 0.3) is 11.4 Å². The van der Waals surface area contributed by atoms with E-state index in [-0.39, 0.29) is 11.8 Å². The lowest BCUT2D eigenvalue weighted by Crippen LogP contribution is -2.42. The van der Waals surface area contributed by atoms with Gasteiger partial charge in [0.05, 0.1) is 6.10 Å². The maximum Gasteiger partial charge on any atom is 0.223 e. The van der Waals surface area contributed by atoms with Crippen molar-refractivity contribution in [3.05, 3.63) is 41.6 Å². The normalized spacial score (nSPS) is 21.4. The standard InChI is InChI=1S/C26H34N4O2/c31-26(27-15-12-21-9-4-5-18-32-21)20-13-16-30(17-14-20)25-22-10-6-11-23(22)28-24(29-25)19-7-2-1-3-8-19/h1-3,7-8,20-21H,4-6,9-18H2,(H,27,31)/t21-/m0/s1. The summed E-state index contributed by atoms with van der Waals surface area (Å²) in [5, 5.41) is 3.16. The van der Waals surface area contributed by atoms with Gasteiger partial charge in [-0.3, -0.25) is 4.79 Å². The van der Waals surface area contributed by atoms with E-state index in [1.807, 2.05) is 18.2 Å². The highest BCUT2D eigenvalue weighted by Gasteiger charge is 2.29. The number of benzene rings is 1. The van der Waals surface area contributed by atoms with Crippen LogP contribution in [-0.4, -0.2) is 48.2 Å². The second-order valence-electron chi connectivity index (χ2n) is 9.35. The first-order valence-corrected chi connectivity index (χ1v) is 12.4. The van der Waals surface area contributed by atoms with Crippen LogP contribution in [0.5, 0.6) is 0 Å². The lowest BCUT2D eigenvalue weighted by atomic mass is 9.95. The number of fused-ring (bicyclic) bond motifs is 1. The Morgan fingerprint density at radius 2 is 1.88 bits per heavy atom. The number of rotatable bonds is 6. The third kappa shape index (κ3) is 4.80. The van der Waals surface area contributed by atoms with Crippen molar-refractivity contribution in [2.75, 3.05) is 31.1 Å². The molecule has 2 aliphatic heterocycles. The Hall–Kier alpha value is -2.47. The van der Waals surface area contributed by atoms with E-state index in [9.17, 15) is 4.79 Å². The Labute approximate surface area is 190 Å². The van der Waals surface area contributed by atoms with E-state index in [0.29, 0.717) is 6.10 Å². The number of nitrogens with one attached hydrogen (secondary N) is 1. The quantitative estimate of drug-likeness (QED) is 0.746. The van der Waals surface area contributed by atoms with Crippen LogP contribution in [0.2, 0.25) is 0 Å². The molecule has 0 saturated carbocycles. The predicted molar refractivity (Wildman–Crippen MR) is 126 cm³/mol. The minimum absolute atomic E-state index is 0.0991. The van der Waals surface area contributed by atoms with Gasteiger partial charge in [0.25, 0.3) is 0 Å². The van der Waals surface area contributed by atoms with Crippen molar-refractivity contribution in [3.8, 4) is 11.4 Å². The van der Waals surface area contributed by atoms with Crippen LogP contribution in [0.15, 0.2) is 30.3 Å². The zero-order valence-electron chi connectivity index (χ0n) is 18.9. The first-order valence-electron chi connectivity index (χ1n) is 12.4. The largest absolute Gasteiger partial charge is 0.378 e. The first kappa shape index (κ1) is 21.4. The number of hydrogen-bond acceptors (Lipinski definition) is 5. The predicted octanol–water partition coefficient (Wildman–Crippen LogP) is 3.92. The SMILES string of the molecule is O=C(NCC[C@@H]1CCCCO1)C1CCN(c2nc(-c3ccccc3)nc3c2CCC3)CC1. The number of nitrogens with zero attached hydrogens (tertiary/aromatic N) is 3. The fraction of sp³-hybridized carbons (Fsp3) is 0.577. The maximum atomic E-state index is 12.7. The molecule has 0 unspecified atom stereocenters. The van der Waals surface area contributed by atoms with Gasteiger partial charge in [-0.2, -0.15) is 0 Å². The molecule has 2 aromatic rings. The van der Waals surface area contributed by atoms with Crippen molar-refractivity contribution in [2.24, 2.45) is 5.92 Å². The second kappa shape index (κ2) is 9.99. The molecule has 0 spiro atoms. The van der Waals surface area contributed by atoms with Crippen molar-refractivity contribution in [1.82, 2.24) is 15.3 Å². The average molecular weight is 435 g/mol. The van der Waals surface area contributed by atoms with E-state index in [4.69, 9.17) is 14.7 Å². The fourth-order valence-corrected chi connectivity index (χ4v) is 5.28. The zero-order valence-corrected chi connectivity index (χ0v) is 18.9. The van der Waals surface area contributed by atoms with Crippen molar-refractivity contribution in [3.63, 3.8) is 0 Å². The number of aryl methyl sites for hydroxylation is 1. The highest BCUT2D eigenvalue weighted by atomic mass is 16.5. The van der Waals surface area contributed by atoms with Gasteiger partial charge in [-0.05, 0) is 57.8 Å². The summed E-state index contributed by atoms with van der Waals surface area (Å²) < 4.78 is 5.78. The van der Waals surface area contributed by atoms with Gasteiger partial charge in [0.2, 0.25) is 5.91 Å². The number of piperidine rings is 1. The third-order valence-corrected chi connectivity index (χ3v) is 7.15. The molecule has 6 heteroatoms. The number of hydrogen-bond donors (Lipinski definition) is 1. The molecular weight excluding hydrogens is 400 g/mol. The van der Waals surface area contributed by atoms with Crippen molar-refractivity contribution in [2.45, 2.75) is 63.9 Å². The van der Waals surface area contributed by atoms with Crippen molar-refractivity contribution in [1.29, 1.82) is 0 Å². The van der Waals surface area contributed by atoms with Gasteiger partial charge in [0.1, 0.15) is 5.82 Å². The molecule has 2 fully saturated rings. The van der Waals surface area contributed by atoms with Crippen LogP contribution >= 0.6 is 0 Å². The molecule has 2 saturated heterocycles. The van der Waals surface area contributed by atoms with E-state index in [2.05, 4.69) is 22.3 Å². The highest BCUT2D eigenvalue weighted by molar-refractivity contribution is 5.79. The molecule has 5 rings (SSSR count). The van der Waals surface area contributed by atoms with E-state index in [1.165, 1.54) is 24.1 Å². The molecule has 3 aliphatic rings. The molecular formula is C26H34N4O2. The Bertz CT molecular complexity index is 919. The minimum atomic E-state index is 0.0991. The molecule has 32 heavy (non-hydrogen) atoms. The second-order valence-corrected chi connectivity index (χ2v) is 9.35. The van der Waals surface area contributed by atoms with Crippen LogP contribution in [0.4, 0.5) is 5.82 Å². The zero-order chi connectivity index (χ0) is 21.8. The van der Waals surface area contributed by atoms with Gasteiger partial charge in [0.15, 0.2) is 5.82 Å². The Morgan fingerprint density at radius 1 is 1.03 bits per heavy atom. The summed E-state index contributed by atoms with van der Waals surface area (Å²) in [5.41, 5.74) is 3.60. The molecule has 1 aliphatic carbocycles. The van der Waals surface area contributed by atoms with Crippen molar-refractivity contribution >= 4 is 11.7 Å². The average Bonchev–Trinajstić information content (AvgIpc) is 3.34. The summed E-state index contributed by atoms with van der Waals surface area (Å²) in [6.45, 7) is 3.35. The summed E-state index contributed by atoms with van der Waals surface area (Å²) in [5.74, 6) is 2.23. The Kier molecular flexibility index (Phi) is 6.67. The smallest absolute Gasteiger partial charge is 0.223 e. The topological polar surface area (TPSA) is 67.3 Å². The highest BCUT2D eigenvalue weighted by Crippen LogP contribution is 2.33. The Balaban J connectivity index is 1.20. The van der Waals surface area contributed by atoms with Crippen LogP contribution in [-0.2, 0) is 22.4 Å². The number of aromatic nitrogens is 2. The van der Waals surface area contributed by atoms with Crippen LogP contribution in [0.1, 0.15) is 56.2 Å².